The summed E-state index contributed by atoms with van der Waals surface area (Å²) in [5.41, 5.74) is 0.450. The van der Waals surface area contributed by atoms with Gasteiger partial charge in [0.15, 0.2) is 0 Å². The summed E-state index contributed by atoms with van der Waals surface area (Å²) in [4.78, 5) is 10.1. The van der Waals surface area contributed by atoms with E-state index in [4.69, 9.17) is 4.74 Å². The standard InChI is InChI=1S/C11H14NO2/c1-11(2,3)14-10-6-4-5-9(7-10)12-8-13/h4-7H,1-3H3,(H,12,13). The van der Waals surface area contributed by atoms with Crippen LogP contribution in [0.3, 0.4) is 0 Å². The summed E-state index contributed by atoms with van der Waals surface area (Å²) in [5.74, 6) is 0.734. The van der Waals surface area contributed by atoms with Gasteiger partial charge < -0.3 is 10.1 Å². The van der Waals surface area contributed by atoms with Crippen molar-refractivity contribution >= 4 is 12.1 Å². The summed E-state index contributed by atoms with van der Waals surface area (Å²) in [5, 5.41) is 2.45. The van der Waals surface area contributed by atoms with Gasteiger partial charge in [0.1, 0.15) is 11.4 Å². The van der Waals surface area contributed by atoms with E-state index < -0.39 is 0 Å². The predicted octanol–water partition coefficient (Wildman–Crippen LogP) is 2.34. The van der Waals surface area contributed by atoms with E-state index in [2.05, 4.69) is 5.32 Å². The minimum absolute atomic E-state index is 0.233. The molecule has 3 heteroatoms. The van der Waals surface area contributed by atoms with Crippen LogP contribution in [0.2, 0.25) is 0 Å². The quantitative estimate of drug-likeness (QED) is 0.746. The number of benzene rings is 1. The van der Waals surface area contributed by atoms with Crippen molar-refractivity contribution in [1.82, 2.24) is 0 Å². The van der Waals surface area contributed by atoms with Gasteiger partial charge in [-0.1, -0.05) is 6.07 Å². The lowest BCUT2D eigenvalue weighted by atomic mass is 10.2. The number of hydrogen-bond donors (Lipinski definition) is 1. The predicted molar refractivity (Wildman–Crippen MR) is 56.1 cm³/mol. The van der Waals surface area contributed by atoms with E-state index in [9.17, 15) is 4.79 Å². The van der Waals surface area contributed by atoms with Crippen molar-refractivity contribution < 1.29 is 9.53 Å². The van der Waals surface area contributed by atoms with E-state index in [-0.39, 0.29) is 5.60 Å². The Morgan fingerprint density at radius 3 is 2.64 bits per heavy atom. The molecule has 0 aromatic heterocycles. The number of carbonyl (C=O) groups excluding carboxylic acids is 1. The van der Waals surface area contributed by atoms with Crippen LogP contribution in [0.15, 0.2) is 24.3 Å². The zero-order chi connectivity index (χ0) is 10.6. The summed E-state index contributed by atoms with van der Waals surface area (Å²) >= 11 is 0. The van der Waals surface area contributed by atoms with Crippen molar-refractivity contribution in [2.45, 2.75) is 26.4 Å². The molecule has 14 heavy (non-hydrogen) atoms. The molecule has 1 amide bonds. The van der Waals surface area contributed by atoms with Crippen molar-refractivity contribution in [3.05, 3.63) is 24.3 Å². The van der Waals surface area contributed by atoms with Crippen molar-refractivity contribution in [3.8, 4) is 5.75 Å². The highest BCUT2D eigenvalue weighted by atomic mass is 16.5. The molecule has 75 valence electrons. The first-order valence-corrected chi connectivity index (χ1v) is 4.43. The Morgan fingerprint density at radius 2 is 2.07 bits per heavy atom. The molecule has 0 saturated heterocycles. The summed E-state index contributed by atoms with van der Waals surface area (Å²) in [6, 6.07) is 7.21. The van der Waals surface area contributed by atoms with Crippen LogP contribution in [-0.4, -0.2) is 12.0 Å². The van der Waals surface area contributed by atoms with Gasteiger partial charge in [0.25, 0.3) is 0 Å². The lowest BCUT2D eigenvalue weighted by molar-refractivity contribution is 0.131. The molecule has 0 fully saturated rings. The molecule has 1 radical (unpaired) electrons. The van der Waals surface area contributed by atoms with Gasteiger partial charge in [-0.2, -0.15) is 0 Å². The van der Waals surface area contributed by atoms with E-state index in [0.717, 1.165) is 5.75 Å². The van der Waals surface area contributed by atoms with E-state index in [1.54, 1.807) is 18.5 Å². The highest BCUT2D eigenvalue weighted by Gasteiger charge is 2.11. The van der Waals surface area contributed by atoms with E-state index in [1.807, 2.05) is 32.9 Å². The zero-order valence-corrected chi connectivity index (χ0v) is 8.63. The van der Waals surface area contributed by atoms with Crippen molar-refractivity contribution in [2.75, 3.05) is 5.32 Å². The maximum atomic E-state index is 10.1. The second-order valence-electron chi connectivity index (χ2n) is 3.97. The van der Waals surface area contributed by atoms with Gasteiger partial charge in [0.2, 0.25) is 0 Å². The molecule has 1 rings (SSSR count). The first-order chi connectivity index (χ1) is 6.51. The van der Waals surface area contributed by atoms with Gasteiger partial charge in [-0.05, 0) is 32.9 Å². The number of anilines is 1. The average molecular weight is 192 g/mol. The molecule has 0 aliphatic carbocycles. The fraction of sp³-hybridized carbons (Fsp3) is 0.364. The summed E-state index contributed by atoms with van der Waals surface area (Å²) in [6.07, 6.45) is 1.62. The monoisotopic (exact) mass is 192 g/mol. The molecule has 3 nitrogen and oxygen atoms in total. The normalized spacial score (nSPS) is 10.8. The Bertz CT molecular complexity index is 315. The third kappa shape index (κ3) is 3.47. The summed E-state index contributed by atoms with van der Waals surface area (Å²) in [6.45, 7) is 5.91. The van der Waals surface area contributed by atoms with E-state index in [1.165, 1.54) is 0 Å². The Kier molecular flexibility index (Phi) is 3.12. The van der Waals surface area contributed by atoms with Gasteiger partial charge in [-0.25, -0.2) is 0 Å². The molecule has 0 saturated carbocycles. The molecule has 1 aromatic carbocycles. The molecule has 0 spiro atoms. The Balaban J connectivity index is 2.78. The van der Waals surface area contributed by atoms with Crippen molar-refractivity contribution in [1.29, 1.82) is 0 Å². The van der Waals surface area contributed by atoms with Gasteiger partial charge in [-0.15, -0.1) is 0 Å². The second-order valence-corrected chi connectivity index (χ2v) is 3.97. The number of hydrogen-bond acceptors (Lipinski definition) is 2. The van der Waals surface area contributed by atoms with E-state index >= 15 is 0 Å². The highest BCUT2D eigenvalue weighted by Crippen LogP contribution is 2.21. The highest BCUT2D eigenvalue weighted by molar-refractivity contribution is 5.72. The maximum Gasteiger partial charge on any atom is 0.314 e. The number of nitrogens with one attached hydrogen (secondary N) is 1. The summed E-state index contributed by atoms with van der Waals surface area (Å²) in [7, 11) is 0. The van der Waals surface area contributed by atoms with Crippen LogP contribution in [0.25, 0.3) is 0 Å². The molecule has 0 bridgehead atoms. The average Bonchev–Trinajstić information content (AvgIpc) is 2.02. The topological polar surface area (TPSA) is 38.3 Å². The minimum Gasteiger partial charge on any atom is -0.488 e. The third-order valence-electron chi connectivity index (χ3n) is 1.45. The molecule has 1 N–H and O–H groups in total. The molecule has 0 aliphatic heterocycles. The molecule has 0 aliphatic rings. The van der Waals surface area contributed by atoms with Crippen LogP contribution in [0.4, 0.5) is 5.69 Å². The molecular weight excluding hydrogens is 178 g/mol. The van der Waals surface area contributed by atoms with Crippen LogP contribution in [-0.2, 0) is 4.79 Å². The van der Waals surface area contributed by atoms with Crippen LogP contribution >= 0.6 is 0 Å². The van der Waals surface area contributed by atoms with Gasteiger partial charge in [-0.3, -0.25) is 4.79 Å². The molecule has 1 aromatic rings. The van der Waals surface area contributed by atoms with Crippen LogP contribution in [0.1, 0.15) is 20.8 Å². The SMILES string of the molecule is CC(C)(C)Oc1cccc(N[C]=O)c1. The largest absolute Gasteiger partial charge is 0.488 e. The first kappa shape index (κ1) is 10.6. The number of ether oxygens (including phenoxy) is 1. The molecular formula is C11H14NO2. The van der Waals surface area contributed by atoms with Gasteiger partial charge in [0.05, 0.1) is 0 Å². The Morgan fingerprint density at radius 1 is 1.36 bits per heavy atom. The van der Waals surface area contributed by atoms with Gasteiger partial charge >= 0.3 is 6.41 Å². The fourth-order valence-electron chi connectivity index (χ4n) is 1.05. The van der Waals surface area contributed by atoms with Crippen molar-refractivity contribution in [2.24, 2.45) is 0 Å². The van der Waals surface area contributed by atoms with Crippen LogP contribution in [0.5, 0.6) is 5.75 Å². The van der Waals surface area contributed by atoms with E-state index in [0.29, 0.717) is 5.69 Å². The fourth-order valence-corrected chi connectivity index (χ4v) is 1.05. The zero-order valence-electron chi connectivity index (χ0n) is 8.63. The molecule has 0 heterocycles. The lowest BCUT2D eigenvalue weighted by Gasteiger charge is -2.21. The Labute approximate surface area is 84.1 Å². The second kappa shape index (κ2) is 4.13. The van der Waals surface area contributed by atoms with Crippen LogP contribution < -0.4 is 10.1 Å². The first-order valence-electron chi connectivity index (χ1n) is 4.43. The smallest absolute Gasteiger partial charge is 0.314 e. The maximum absolute atomic E-state index is 10.1. The van der Waals surface area contributed by atoms with Crippen LogP contribution in [0, 0.1) is 0 Å². The van der Waals surface area contributed by atoms with Crippen molar-refractivity contribution in [3.63, 3.8) is 0 Å². The number of amides is 1. The summed E-state index contributed by atoms with van der Waals surface area (Å²) < 4.78 is 5.62. The van der Waals surface area contributed by atoms with Gasteiger partial charge in [0, 0.05) is 11.8 Å². The minimum atomic E-state index is -0.233. The third-order valence-corrected chi connectivity index (χ3v) is 1.45. The Hall–Kier alpha value is -1.51. The molecule has 0 unspecified atom stereocenters. The lowest BCUT2D eigenvalue weighted by Crippen LogP contribution is -2.22. The molecule has 0 atom stereocenters. The number of rotatable bonds is 3.